The molecule has 0 unspecified atom stereocenters. The Morgan fingerprint density at radius 1 is 1.19 bits per heavy atom. The van der Waals surface area contributed by atoms with E-state index in [0.29, 0.717) is 6.61 Å². The van der Waals surface area contributed by atoms with Crippen molar-refractivity contribution >= 4 is 5.65 Å². The molecule has 0 spiro atoms. The van der Waals surface area contributed by atoms with Crippen LogP contribution in [0.25, 0.3) is 5.65 Å². The fourth-order valence-corrected chi connectivity index (χ4v) is 2.41. The molecule has 0 atom stereocenters. The van der Waals surface area contributed by atoms with Crippen molar-refractivity contribution in [2.45, 2.75) is 20.1 Å². The predicted molar refractivity (Wildman–Crippen MR) is 83.5 cm³/mol. The van der Waals surface area contributed by atoms with Gasteiger partial charge in [0.1, 0.15) is 18.0 Å². The number of para-hydroxylation sites is 1. The van der Waals surface area contributed by atoms with Gasteiger partial charge < -0.3 is 14.5 Å². The van der Waals surface area contributed by atoms with Gasteiger partial charge in [-0.3, -0.25) is 0 Å². The number of pyridine rings is 1. The van der Waals surface area contributed by atoms with Crippen LogP contribution in [0.4, 0.5) is 0 Å². The maximum Gasteiger partial charge on any atom is 0.140 e. The van der Waals surface area contributed by atoms with Crippen molar-refractivity contribution in [3.8, 4) is 5.75 Å². The highest BCUT2D eigenvalue weighted by atomic mass is 16.5. The van der Waals surface area contributed by atoms with Crippen LogP contribution in [0.15, 0.2) is 48.8 Å². The van der Waals surface area contributed by atoms with Crippen LogP contribution in [-0.4, -0.2) is 16.4 Å². The van der Waals surface area contributed by atoms with Gasteiger partial charge in [0.2, 0.25) is 0 Å². The molecule has 0 saturated heterocycles. The zero-order valence-corrected chi connectivity index (χ0v) is 12.3. The second-order valence-electron chi connectivity index (χ2n) is 5.08. The minimum Gasteiger partial charge on any atom is -0.487 e. The molecule has 0 saturated carbocycles. The summed E-state index contributed by atoms with van der Waals surface area (Å²) in [5.74, 6) is 0.903. The highest BCUT2D eigenvalue weighted by molar-refractivity contribution is 5.47. The Hall–Kier alpha value is -2.33. The first-order valence-corrected chi connectivity index (χ1v) is 7.06. The smallest absolute Gasteiger partial charge is 0.140 e. The summed E-state index contributed by atoms with van der Waals surface area (Å²) in [5, 5.41) is 3.15. The van der Waals surface area contributed by atoms with Gasteiger partial charge in [-0.2, -0.15) is 0 Å². The lowest BCUT2D eigenvalue weighted by Gasteiger charge is -2.09. The lowest BCUT2D eigenvalue weighted by molar-refractivity contribution is 0.298. The Morgan fingerprint density at radius 2 is 2.05 bits per heavy atom. The average Bonchev–Trinajstić information content (AvgIpc) is 2.91. The molecule has 0 aliphatic rings. The number of nitrogens with one attached hydrogen (secondary N) is 1. The summed E-state index contributed by atoms with van der Waals surface area (Å²) in [6.07, 6.45) is 4.02. The Kier molecular flexibility index (Phi) is 3.88. The van der Waals surface area contributed by atoms with Crippen molar-refractivity contribution in [1.82, 2.24) is 14.7 Å². The number of fused-ring (bicyclic) bond motifs is 1. The van der Waals surface area contributed by atoms with Crippen LogP contribution >= 0.6 is 0 Å². The van der Waals surface area contributed by atoms with E-state index in [4.69, 9.17) is 4.74 Å². The van der Waals surface area contributed by atoms with Crippen molar-refractivity contribution in [3.63, 3.8) is 0 Å². The van der Waals surface area contributed by atoms with Crippen LogP contribution in [-0.2, 0) is 13.2 Å². The lowest BCUT2D eigenvalue weighted by atomic mass is 10.2. The third-order valence-corrected chi connectivity index (χ3v) is 3.44. The van der Waals surface area contributed by atoms with Gasteiger partial charge in [-0.05, 0) is 31.7 Å². The molecule has 2 aromatic heterocycles. The summed E-state index contributed by atoms with van der Waals surface area (Å²) in [5.41, 5.74) is 4.24. The number of hydrogen-bond acceptors (Lipinski definition) is 3. The molecule has 2 heterocycles. The minimum atomic E-state index is 0.474. The number of imidazole rings is 1. The summed E-state index contributed by atoms with van der Waals surface area (Å²) < 4.78 is 7.96. The highest BCUT2D eigenvalue weighted by Gasteiger charge is 2.06. The van der Waals surface area contributed by atoms with E-state index < -0.39 is 0 Å². The molecule has 108 valence electrons. The van der Waals surface area contributed by atoms with Crippen molar-refractivity contribution in [2.75, 3.05) is 7.05 Å². The van der Waals surface area contributed by atoms with Crippen molar-refractivity contribution in [2.24, 2.45) is 0 Å². The van der Waals surface area contributed by atoms with E-state index in [2.05, 4.69) is 29.4 Å². The Balaban J connectivity index is 1.79. The number of benzene rings is 1. The topological polar surface area (TPSA) is 38.6 Å². The van der Waals surface area contributed by atoms with Crippen molar-refractivity contribution < 1.29 is 4.74 Å². The number of rotatable bonds is 5. The molecule has 0 radical (unpaired) electrons. The van der Waals surface area contributed by atoms with E-state index in [1.165, 1.54) is 5.56 Å². The highest BCUT2D eigenvalue weighted by Crippen LogP contribution is 2.19. The summed E-state index contributed by atoms with van der Waals surface area (Å²) in [7, 11) is 1.93. The SMILES string of the molecule is CNCc1ccccc1OCc1cn2cccc(C)c2n1. The largest absolute Gasteiger partial charge is 0.487 e. The Morgan fingerprint density at radius 3 is 2.86 bits per heavy atom. The molecule has 0 aliphatic heterocycles. The number of nitrogens with zero attached hydrogens (tertiary/aromatic N) is 2. The normalized spacial score (nSPS) is 11.0. The van der Waals surface area contributed by atoms with E-state index in [1.807, 2.05) is 48.1 Å². The van der Waals surface area contributed by atoms with Gasteiger partial charge in [0.05, 0.1) is 5.69 Å². The zero-order valence-electron chi connectivity index (χ0n) is 12.3. The van der Waals surface area contributed by atoms with E-state index in [9.17, 15) is 0 Å². The average molecular weight is 281 g/mol. The van der Waals surface area contributed by atoms with Crippen molar-refractivity contribution in [3.05, 3.63) is 65.6 Å². The molecule has 4 heteroatoms. The molecular formula is C17H19N3O. The molecule has 3 rings (SSSR count). The van der Waals surface area contributed by atoms with Gasteiger partial charge in [0, 0.05) is 24.5 Å². The summed E-state index contributed by atoms with van der Waals surface area (Å²) in [6, 6.07) is 12.2. The third-order valence-electron chi connectivity index (χ3n) is 3.44. The first-order chi connectivity index (χ1) is 10.3. The Labute approximate surface area is 124 Å². The maximum atomic E-state index is 5.93. The molecule has 0 aliphatic carbocycles. The van der Waals surface area contributed by atoms with E-state index in [-0.39, 0.29) is 0 Å². The molecule has 0 amide bonds. The van der Waals surface area contributed by atoms with Crippen LogP contribution in [0.3, 0.4) is 0 Å². The van der Waals surface area contributed by atoms with Gasteiger partial charge in [0.25, 0.3) is 0 Å². The number of aryl methyl sites for hydroxylation is 1. The number of hydrogen-bond donors (Lipinski definition) is 1. The lowest BCUT2D eigenvalue weighted by Crippen LogP contribution is -2.07. The Bertz CT molecular complexity index is 749. The summed E-state index contributed by atoms with van der Waals surface area (Å²) >= 11 is 0. The molecule has 1 N–H and O–H groups in total. The molecule has 0 fully saturated rings. The zero-order chi connectivity index (χ0) is 14.7. The van der Waals surface area contributed by atoms with Gasteiger partial charge in [-0.1, -0.05) is 24.3 Å². The van der Waals surface area contributed by atoms with Gasteiger partial charge in [-0.15, -0.1) is 0 Å². The fraction of sp³-hybridized carbons (Fsp3) is 0.235. The number of ether oxygens (including phenoxy) is 1. The standard InChI is InChI=1S/C17H19N3O/c1-13-6-5-9-20-11-15(19-17(13)20)12-21-16-8-4-3-7-14(16)10-18-2/h3-9,11,18H,10,12H2,1-2H3. The van der Waals surface area contributed by atoms with Crippen LogP contribution in [0, 0.1) is 6.92 Å². The molecule has 1 aromatic carbocycles. The second-order valence-corrected chi connectivity index (χ2v) is 5.08. The van der Waals surface area contributed by atoms with Gasteiger partial charge in [-0.25, -0.2) is 4.98 Å². The first kappa shape index (κ1) is 13.6. The first-order valence-electron chi connectivity index (χ1n) is 7.06. The second kappa shape index (κ2) is 5.97. The van der Waals surface area contributed by atoms with Crippen LogP contribution in [0.5, 0.6) is 5.75 Å². The van der Waals surface area contributed by atoms with E-state index >= 15 is 0 Å². The molecule has 4 nitrogen and oxygen atoms in total. The fourth-order valence-electron chi connectivity index (χ4n) is 2.41. The van der Waals surface area contributed by atoms with E-state index in [0.717, 1.165) is 29.2 Å². The summed E-state index contributed by atoms with van der Waals surface area (Å²) in [4.78, 5) is 4.63. The molecule has 21 heavy (non-hydrogen) atoms. The maximum absolute atomic E-state index is 5.93. The van der Waals surface area contributed by atoms with Crippen LogP contribution in [0.2, 0.25) is 0 Å². The number of aromatic nitrogens is 2. The van der Waals surface area contributed by atoms with Crippen molar-refractivity contribution in [1.29, 1.82) is 0 Å². The third kappa shape index (κ3) is 2.90. The van der Waals surface area contributed by atoms with Gasteiger partial charge >= 0.3 is 0 Å². The summed E-state index contributed by atoms with van der Waals surface area (Å²) in [6.45, 7) is 3.33. The van der Waals surface area contributed by atoms with Crippen LogP contribution < -0.4 is 10.1 Å². The van der Waals surface area contributed by atoms with Gasteiger partial charge in [0.15, 0.2) is 0 Å². The molecular weight excluding hydrogens is 262 g/mol. The monoisotopic (exact) mass is 281 g/mol. The van der Waals surface area contributed by atoms with E-state index in [1.54, 1.807) is 0 Å². The van der Waals surface area contributed by atoms with Crippen LogP contribution in [0.1, 0.15) is 16.8 Å². The minimum absolute atomic E-state index is 0.474. The molecule has 0 bridgehead atoms. The predicted octanol–water partition coefficient (Wildman–Crippen LogP) is 2.94. The molecule has 3 aromatic rings. The quantitative estimate of drug-likeness (QED) is 0.781.